The molecular weight excluding hydrogens is 326 g/mol. The van der Waals surface area contributed by atoms with Crippen molar-refractivity contribution in [3.63, 3.8) is 0 Å². The highest BCUT2D eigenvalue weighted by Gasteiger charge is 2.43. The van der Waals surface area contributed by atoms with Gasteiger partial charge >= 0.3 is 0 Å². The first-order valence-electron chi connectivity index (χ1n) is 9.59. The molecule has 1 aromatic heterocycles. The van der Waals surface area contributed by atoms with Crippen LogP contribution in [0, 0.1) is 6.92 Å². The molecule has 2 fully saturated rings. The summed E-state index contributed by atoms with van der Waals surface area (Å²) in [5, 5.41) is 10.4. The molecule has 0 aliphatic carbocycles. The lowest BCUT2D eigenvalue weighted by Crippen LogP contribution is -2.55. The van der Waals surface area contributed by atoms with E-state index in [-0.39, 0.29) is 11.7 Å². The molecule has 1 spiro atoms. The van der Waals surface area contributed by atoms with Crippen LogP contribution in [-0.2, 0) is 11.3 Å². The lowest BCUT2D eigenvalue weighted by Gasteiger charge is -2.46. The van der Waals surface area contributed by atoms with Crippen molar-refractivity contribution >= 4 is 0 Å². The standard InChI is InChI=1S/C21H27N3O2/c1-16-14-18(17-6-3-2-4-7-17)23-20(22-16)15-24-11-9-21(10-12-24)19(25)8-5-13-26-21/h2-4,6-7,14,19,25H,5,8-13,15H2,1H3. The van der Waals surface area contributed by atoms with Crippen molar-refractivity contribution in [3.8, 4) is 11.3 Å². The van der Waals surface area contributed by atoms with Crippen molar-refractivity contribution in [3.05, 3.63) is 47.9 Å². The van der Waals surface area contributed by atoms with E-state index in [1.165, 1.54) is 0 Å². The summed E-state index contributed by atoms with van der Waals surface area (Å²) in [5.74, 6) is 0.866. The quantitative estimate of drug-likeness (QED) is 0.919. The Kier molecular flexibility index (Phi) is 5.02. The van der Waals surface area contributed by atoms with Gasteiger partial charge in [0.2, 0.25) is 0 Å². The van der Waals surface area contributed by atoms with Crippen LogP contribution in [0.4, 0.5) is 0 Å². The highest BCUT2D eigenvalue weighted by molar-refractivity contribution is 5.58. The summed E-state index contributed by atoms with van der Waals surface area (Å²) in [6, 6.07) is 12.3. The molecule has 1 N–H and O–H groups in total. The molecule has 3 heterocycles. The van der Waals surface area contributed by atoms with Gasteiger partial charge in [-0.1, -0.05) is 30.3 Å². The van der Waals surface area contributed by atoms with Gasteiger partial charge in [0, 0.05) is 31.0 Å². The summed E-state index contributed by atoms with van der Waals surface area (Å²) in [6.07, 6.45) is 3.27. The van der Waals surface area contributed by atoms with Crippen molar-refractivity contribution in [2.45, 2.75) is 50.9 Å². The molecule has 0 radical (unpaired) electrons. The maximum atomic E-state index is 10.4. The average Bonchev–Trinajstić information content (AvgIpc) is 2.66. The minimum atomic E-state index is -0.322. The largest absolute Gasteiger partial charge is 0.390 e. The van der Waals surface area contributed by atoms with Crippen molar-refractivity contribution in [2.24, 2.45) is 0 Å². The maximum absolute atomic E-state index is 10.4. The fraction of sp³-hybridized carbons (Fsp3) is 0.524. The van der Waals surface area contributed by atoms with Gasteiger partial charge in [-0.05, 0) is 38.7 Å². The van der Waals surface area contributed by atoms with Gasteiger partial charge in [0.25, 0.3) is 0 Å². The lowest BCUT2D eigenvalue weighted by atomic mass is 9.82. The first kappa shape index (κ1) is 17.6. The van der Waals surface area contributed by atoms with Crippen LogP contribution in [0.3, 0.4) is 0 Å². The van der Waals surface area contributed by atoms with E-state index in [4.69, 9.17) is 9.72 Å². The van der Waals surface area contributed by atoms with Gasteiger partial charge in [0.05, 0.1) is 23.9 Å². The summed E-state index contributed by atoms with van der Waals surface area (Å²) in [5.41, 5.74) is 2.77. The second kappa shape index (κ2) is 7.43. The van der Waals surface area contributed by atoms with E-state index in [1.54, 1.807) is 0 Å². The molecule has 4 rings (SSSR count). The van der Waals surface area contributed by atoms with Crippen molar-refractivity contribution < 1.29 is 9.84 Å². The third-order valence-electron chi connectivity index (χ3n) is 5.66. The van der Waals surface area contributed by atoms with Crippen molar-refractivity contribution in [2.75, 3.05) is 19.7 Å². The summed E-state index contributed by atoms with van der Waals surface area (Å²) in [6.45, 7) is 5.37. The number of ether oxygens (including phenoxy) is 1. The fourth-order valence-corrected chi connectivity index (χ4v) is 4.14. The maximum Gasteiger partial charge on any atom is 0.143 e. The third kappa shape index (κ3) is 3.65. The van der Waals surface area contributed by atoms with Crippen LogP contribution in [0.25, 0.3) is 11.3 Å². The number of hydrogen-bond donors (Lipinski definition) is 1. The molecule has 0 saturated carbocycles. The second-order valence-electron chi connectivity index (χ2n) is 7.52. The average molecular weight is 353 g/mol. The summed E-state index contributed by atoms with van der Waals surface area (Å²) in [7, 11) is 0. The zero-order chi connectivity index (χ0) is 18.0. The summed E-state index contributed by atoms with van der Waals surface area (Å²) in [4.78, 5) is 11.8. The molecule has 2 aliphatic heterocycles. The number of aliphatic hydroxyl groups excluding tert-OH is 1. The highest BCUT2D eigenvalue weighted by atomic mass is 16.5. The Bertz CT molecular complexity index is 742. The zero-order valence-corrected chi connectivity index (χ0v) is 15.4. The SMILES string of the molecule is Cc1cc(-c2ccccc2)nc(CN2CCC3(CC2)OCCCC3O)n1. The van der Waals surface area contributed by atoms with E-state index in [0.29, 0.717) is 0 Å². The summed E-state index contributed by atoms with van der Waals surface area (Å²) < 4.78 is 6.01. The normalized spacial score (nSPS) is 23.2. The Morgan fingerprint density at radius 3 is 2.69 bits per heavy atom. The lowest BCUT2D eigenvalue weighted by molar-refractivity contribution is -0.177. The van der Waals surface area contributed by atoms with Gasteiger partial charge in [0.1, 0.15) is 5.82 Å². The molecule has 0 bridgehead atoms. The molecule has 2 aromatic rings. The van der Waals surface area contributed by atoms with E-state index >= 15 is 0 Å². The predicted molar refractivity (Wildman–Crippen MR) is 101 cm³/mol. The topological polar surface area (TPSA) is 58.5 Å². The van der Waals surface area contributed by atoms with Crippen molar-refractivity contribution in [1.29, 1.82) is 0 Å². The van der Waals surface area contributed by atoms with Crippen molar-refractivity contribution in [1.82, 2.24) is 14.9 Å². The van der Waals surface area contributed by atoms with Crippen LogP contribution in [0.2, 0.25) is 0 Å². The molecule has 1 aromatic carbocycles. The molecule has 138 valence electrons. The molecule has 1 unspecified atom stereocenters. The number of likely N-dealkylation sites (tertiary alicyclic amines) is 1. The Labute approximate surface area is 155 Å². The van der Waals surface area contributed by atoms with Crippen LogP contribution in [-0.4, -0.2) is 51.4 Å². The molecule has 2 aliphatic rings. The second-order valence-corrected chi connectivity index (χ2v) is 7.52. The van der Waals surface area contributed by atoms with E-state index in [2.05, 4.69) is 22.0 Å². The van der Waals surface area contributed by atoms with Crippen LogP contribution < -0.4 is 0 Å². The van der Waals surface area contributed by atoms with Gasteiger partial charge in [-0.3, -0.25) is 4.90 Å². The number of aliphatic hydroxyl groups is 1. The Morgan fingerprint density at radius 1 is 1.19 bits per heavy atom. The Morgan fingerprint density at radius 2 is 1.96 bits per heavy atom. The Hall–Kier alpha value is -1.82. The van der Waals surface area contributed by atoms with Gasteiger partial charge in [0.15, 0.2) is 0 Å². The number of rotatable bonds is 3. The number of aryl methyl sites for hydroxylation is 1. The fourth-order valence-electron chi connectivity index (χ4n) is 4.14. The van der Waals surface area contributed by atoms with E-state index < -0.39 is 0 Å². The predicted octanol–water partition coefficient (Wildman–Crippen LogP) is 2.96. The monoisotopic (exact) mass is 353 g/mol. The van der Waals surface area contributed by atoms with E-state index in [0.717, 1.165) is 74.7 Å². The summed E-state index contributed by atoms with van der Waals surface area (Å²) >= 11 is 0. The Balaban J connectivity index is 1.44. The third-order valence-corrected chi connectivity index (χ3v) is 5.66. The highest BCUT2D eigenvalue weighted by Crippen LogP contribution is 2.35. The first-order valence-corrected chi connectivity index (χ1v) is 9.59. The molecular formula is C21H27N3O2. The minimum absolute atomic E-state index is 0.321. The van der Waals surface area contributed by atoms with Crippen LogP contribution >= 0.6 is 0 Å². The number of piperidine rings is 1. The minimum Gasteiger partial charge on any atom is -0.390 e. The first-order chi connectivity index (χ1) is 12.6. The number of aromatic nitrogens is 2. The van der Waals surface area contributed by atoms with Gasteiger partial charge in [-0.15, -0.1) is 0 Å². The van der Waals surface area contributed by atoms with Crippen LogP contribution in [0.1, 0.15) is 37.2 Å². The molecule has 5 heteroatoms. The zero-order valence-electron chi connectivity index (χ0n) is 15.4. The molecule has 26 heavy (non-hydrogen) atoms. The molecule has 1 atom stereocenters. The number of hydrogen-bond acceptors (Lipinski definition) is 5. The van der Waals surface area contributed by atoms with Gasteiger partial charge < -0.3 is 9.84 Å². The van der Waals surface area contributed by atoms with E-state index in [1.807, 2.05) is 31.2 Å². The number of benzene rings is 1. The van der Waals surface area contributed by atoms with Crippen LogP contribution in [0.5, 0.6) is 0 Å². The molecule has 5 nitrogen and oxygen atoms in total. The van der Waals surface area contributed by atoms with Gasteiger partial charge in [-0.2, -0.15) is 0 Å². The van der Waals surface area contributed by atoms with E-state index in [9.17, 15) is 5.11 Å². The van der Waals surface area contributed by atoms with Crippen LogP contribution in [0.15, 0.2) is 36.4 Å². The number of nitrogens with zero attached hydrogens (tertiary/aromatic N) is 3. The van der Waals surface area contributed by atoms with Gasteiger partial charge in [-0.25, -0.2) is 9.97 Å². The smallest absolute Gasteiger partial charge is 0.143 e. The molecule has 2 saturated heterocycles. The molecule has 0 amide bonds.